The smallest absolute Gasteiger partial charge is 0.225 e. The van der Waals surface area contributed by atoms with Crippen molar-refractivity contribution < 1.29 is 9.59 Å². The van der Waals surface area contributed by atoms with Crippen LogP contribution in [-0.4, -0.2) is 32.0 Å². The Morgan fingerprint density at radius 3 is 2.53 bits per heavy atom. The summed E-state index contributed by atoms with van der Waals surface area (Å²) in [4.78, 5) is 26.3. The fourth-order valence-corrected chi connectivity index (χ4v) is 5.34. The summed E-state index contributed by atoms with van der Waals surface area (Å²) in [5, 5.41) is 12.2. The Kier molecular flexibility index (Phi) is 5.70. The zero-order chi connectivity index (χ0) is 21.9. The molecule has 0 atom stereocenters. The number of hydrogen-bond donors (Lipinski definition) is 1. The second-order valence-corrected chi connectivity index (χ2v) is 9.13. The minimum Gasteiger partial charge on any atom is -0.325 e. The number of thiazole rings is 1. The Bertz CT molecular complexity index is 1430. The zero-order valence-corrected chi connectivity index (χ0v) is 18.5. The fraction of sp³-hybridized carbons (Fsp3) is 0.0833. The number of nitrogens with zero attached hydrogens (tertiary/aromatic N) is 3. The van der Waals surface area contributed by atoms with Crippen molar-refractivity contribution in [2.24, 2.45) is 0 Å². The molecule has 2 heterocycles. The Morgan fingerprint density at radius 2 is 1.66 bits per heavy atom. The summed E-state index contributed by atoms with van der Waals surface area (Å²) in [6, 6.07) is 24.2. The van der Waals surface area contributed by atoms with Gasteiger partial charge in [0, 0.05) is 23.3 Å². The van der Waals surface area contributed by atoms with Crippen LogP contribution in [-0.2, 0) is 4.79 Å². The van der Waals surface area contributed by atoms with Crippen LogP contribution < -0.4 is 5.32 Å². The Morgan fingerprint density at radius 1 is 0.906 bits per heavy atom. The molecular weight excluding hydrogens is 440 g/mol. The second-order valence-electron chi connectivity index (χ2n) is 7.06. The number of aromatic nitrogens is 3. The zero-order valence-electron chi connectivity index (χ0n) is 16.9. The molecule has 8 heteroatoms. The minimum absolute atomic E-state index is 0.119. The molecule has 0 saturated carbocycles. The normalized spacial score (nSPS) is 11.1. The monoisotopic (exact) mass is 458 g/mol. The molecule has 2 aromatic heterocycles. The molecular formula is C24H18N4O2S2. The molecule has 158 valence electrons. The number of nitrogens with one attached hydrogen (secondary N) is 1. The largest absolute Gasteiger partial charge is 0.325 e. The third-order valence-electron chi connectivity index (χ3n) is 4.95. The molecule has 0 spiro atoms. The third kappa shape index (κ3) is 4.02. The van der Waals surface area contributed by atoms with E-state index in [2.05, 4.69) is 21.6 Å². The SMILES string of the molecule is O=C(CCSc1nnc2sc3ccccc3n12)Nc1ccccc1C(=O)c1ccccc1. The molecule has 0 bridgehead atoms. The summed E-state index contributed by atoms with van der Waals surface area (Å²) in [6.45, 7) is 0. The molecule has 5 rings (SSSR count). The summed E-state index contributed by atoms with van der Waals surface area (Å²) in [6.07, 6.45) is 0.287. The molecule has 32 heavy (non-hydrogen) atoms. The Balaban J connectivity index is 1.26. The first kappa shape index (κ1) is 20.4. The van der Waals surface area contributed by atoms with E-state index in [1.54, 1.807) is 47.7 Å². The van der Waals surface area contributed by atoms with Crippen LogP contribution in [0.15, 0.2) is 84.0 Å². The van der Waals surface area contributed by atoms with Gasteiger partial charge < -0.3 is 5.32 Å². The van der Waals surface area contributed by atoms with Gasteiger partial charge in [-0.25, -0.2) is 0 Å². The number of carbonyl (C=O) groups is 2. The first-order valence-corrected chi connectivity index (χ1v) is 11.8. The van der Waals surface area contributed by atoms with Gasteiger partial charge in [0.05, 0.1) is 15.9 Å². The number of hydrogen-bond acceptors (Lipinski definition) is 6. The number of thioether (sulfide) groups is 1. The van der Waals surface area contributed by atoms with Crippen LogP contribution in [0.25, 0.3) is 15.2 Å². The molecule has 3 aromatic carbocycles. The maximum absolute atomic E-state index is 12.9. The van der Waals surface area contributed by atoms with Crippen LogP contribution in [0.4, 0.5) is 5.69 Å². The van der Waals surface area contributed by atoms with E-state index in [0.717, 1.165) is 20.3 Å². The molecule has 0 unspecified atom stereocenters. The van der Waals surface area contributed by atoms with Gasteiger partial charge in [-0.2, -0.15) is 0 Å². The summed E-state index contributed by atoms with van der Waals surface area (Å²) in [5.41, 5.74) is 2.65. The van der Waals surface area contributed by atoms with Gasteiger partial charge in [0.1, 0.15) is 0 Å². The van der Waals surface area contributed by atoms with Gasteiger partial charge >= 0.3 is 0 Å². The lowest BCUT2D eigenvalue weighted by Gasteiger charge is -2.10. The van der Waals surface area contributed by atoms with Crippen molar-refractivity contribution in [2.45, 2.75) is 11.6 Å². The van der Waals surface area contributed by atoms with Gasteiger partial charge in [0.15, 0.2) is 10.9 Å². The van der Waals surface area contributed by atoms with Crippen LogP contribution in [0, 0.1) is 0 Å². The first-order chi connectivity index (χ1) is 15.7. The highest BCUT2D eigenvalue weighted by Gasteiger charge is 2.16. The van der Waals surface area contributed by atoms with Gasteiger partial charge in [0.2, 0.25) is 10.9 Å². The molecule has 0 aliphatic heterocycles. The van der Waals surface area contributed by atoms with Crippen molar-refractivity contribution in [2.75, 3.05) is 11.1 Å². The molecule has 0 aliphatic carbocycles. The standard InChI is InChI=1S/C24H18N4O2S2/c29-21(25-18-11-5-4-10-17(18)22(30)16-8-2-1-3-9-16)14-15-31-23-26-27-24-28(23)19-12-6-7-13-20(19)32-24/h1-13H,14-15H2,(H,25,29). The van der Waals surface area contributed by atoms with Crippen molar-refractivity contribution in [3.05, 3.63) is 90.0 Å². The third-order valence-corrected chi connectivity index (χ3v) is 6.90. The molecule has 5 aromatic rings. The summed E-state index contributed by atoms with van der Waals surface area (Å²) in [7, 11) is 0. The molecule has 1 N–H and O–H groups in total. The highest BCUT2D eigenvalue weighted by Crippen LogP contribution is 2.29. The van der Waals surface area contributed by atoms with Gasteiger partial charge in [-0.05, 0) is 24.3 Å². The lowest BCUT2D eigenvalue weighted by atomic mass is 10.0. The predicted molar refractivity (Wildman–Crippen MR) is 129 cm³/mol. The molecule has 0 aliphatic rings. The van der Waals surface area contributed by atoms with E-state index in [0.29, 0.717) is 22.6 Å². The number of benzene rings is 3. The number of rotatable bonds is 7. The maximum Gasteiger partial charge on any atom is 0.225 e. The number of para-hydroxylation sites is 2. The quantitative estimate of drug-likeness (QED) is 0.265. The van der Waals surface area contributed by atoms with E-state index in [-0.39, 0.29) is 18.1 Å². The van der Waals surface area contributed by atoms with E-state index in [1.165, 1.54) is 11.8 Å². The summed E-state index contributed by atoms with van der Waals surface area (Å²) in [5.74, 6) is 0.277. The van der Waals surface area contributed by atoms with E-state index in [4.69, 9.17) is 0 Å². The lowest BCUT2D eigenvalue weighted by molar-refractivity contribution is -0.115. The topological polar surface area (TPSA) is 76.4 Å². The van der Waals surface area contributed by atoms with Crippen LogP contribution in [0.3, 0.4) is 0 Å². The number of ketones is 1. The average molecular weight is 459 g/mol. The predicted octanol–water partition coefficient (Wildman–Crippen LogP) is 5.30. The Labute approximate surface area is 192 Å². The molecule has 0 radical (unpaired) electrons. The lowest BCUT2D eigenvalue weighted by Crippen LogP contribution is -2.15. The summed E-state index contributed by atoms with van der Waals surface area (Å²) < 4.78 is 3.17. The van der Waals surface area contributed by atoms with Crippen LogP contribution in [0.2, 0.25) is 0 Å². The summed E-state index contributed by atoms with van der Waals surface area (Å²) >= 11 is 3.08. The van der Waals surface area contributed by atoms with Gasteiger partial charge in [-0.1, -0.05) is 77.7 Å². The average Bonchev–Trinajstić information content (AvgIpc) is 3.39. The molecule has 0 saturated heterocycles. The van der Waals surface area contributed by atoms with Crippen molar-refractivity contribution in [1.82, 2.24) is 14.6 Å². The van der Waals surface area contributed by atoms with Crippen LogP contribution >= 0.6 is 23.1 Å². The van der Waals surface area contributed by atoms with Crippen molar-refractivity contribution in [1.29, 1.82) is 0 Å². The first-order valence-electron chi connectivity index (χ1n) is 10.0. The molecule has 0 fully saturated rings. The van der Waals surface area contributed by atoms with Gasteiger partial charge in [-0.15, -0.1) is 10.2 Å². The van der Waals surface area contributed by atoms with E-state index in [9.17, 15) is 9.59 Å². The number of amides is 1. The van der Waals surface area contributed by atoms with Gasteiger partial charge in [0.25, 0.3) is 0 Å². The number of fused-ring (bicyclic) bond motifs is 3. The van der Waals surface area contributed by atoms with Crippen molar-refractivity contribution in [3.63, 3.8) is 0 Å². The highest BCUT2D eigenvalue weighted by molar-refractivity contribution is 7.99. The van der Waals surface area contributed by atoms with Crippen LogP contribution in [0.5, 0.6) is 0 Å². The van der Waals surface area contributed by atoms with E-state index < -0.39 is 0 Å². The molecule has 6 nitrogen and oxygen atoms in total. The van der Waals surface area contributed by atoms with Crippen LogP contribution in [0.1, 0.15) is 22.3 Å². The van der Waals surface area contributed by atoms with E-state index in [1.807, 2.05) is 40.8 Å². The van der Waals surface area contributed by atoms with Crippen molar-refractivity contribution >= 4 is 55.7 Å². The van der Waals surface area contributed by atoms with E-state index >= 15 is 0 Å². The fourth-order valence-electron chi connectivity index (χ4n) is 3.43. The maximum atomic E-state index is 12.9. The molecule has 1 amide bonds. The second kappa shape index (κ2) is 8.94. The number of anilines is 1. The Hall–Kier alpha value is -3.49. The highest BCUT2D eigenvalue weighted by atomic mass is 32.2. The van der Waals surface area contributed by atoms with Gasteiger partial charge in [-0.3, -0.25) is 14.0 Å². The minimum atomic E-state index is -0.151. The van der Waals surface area contributed by atoms with Crippen molar-refractivity contribution in [3.8, 4) is 0 Å². The number of carbonyl (C=O) groups excluding carboxylic acids is 2.